The molecule has 0 saturated carbocycles. The topological polar surface area (TPSA) is 58.6 Å². The molecule has 0 unspecified atom stereocenters. The molecule has 0 spiro atoms. The second-order valence-corrected chi connectivity index (χ2v) is 8.82. The monoisotopic (exact) mass is 460 g/mol. The molecule has 3 aromatic rings. The number of thioether (sulfide) groups is 1. The zero-order valence-corrected chi connectivity index (χ0v) is 18.9. The molecule has 4 rings (SSSR count). The van der Waals surface area contributed by atoms with E-state index in [1.54, 1.807) is 30.3 Å². The number of carbonyl (C=O) groups is 2. The Bertz CT molecular complexity index is 1210. The van der Waals surface area contributed by atoms with E-state index in [0.717, 1.165) is 27.9 Å². The highest BCUT2D eigenvalue weighted by Gasteiger charge is 2.34. The van der Waals surface area contributed by atoms with Crippen LogP contribution >= 0.6 is 24.0 Å². The third kappa shape index (κ3) is 5.07. The molecule has 1 fully saturated rings. The quantitative estimate of drug-likeness (QED) is 0.409. The molecule has 0 aromatic heterocycles. The molecule has 1 aliphatic heterocycles. The van der Waals surface area contributed by atoms with Crippen LogP contribution in [0.4, 0.5) is 0 Å². The van der Waals surface area contributed by atoms with Crippen LogP contribution < -0.4 is 10.2 Å². The van der Waals surface area contributed by atoms with E-state index in [9.17, 15) is 9.59 Å². The predicted molar refractivity (Wildman–Crippen MR) is 131 cm³/mol. The van der Waals surface area contributed by atoms with Gasteiger partial charge < -0.3 is 4.74 Å². The van der Waals surface area contributed by atoms with Gasteiger partial charge in [-0.15, -0.1) is 0 Å². The van der Waals surface area contributed by atoms with Gasteiger partial charge in [0, 0.05) is 11.1 Å². The van der Waals surface area contributed by atoms with Crippen LogP contribution in [-0.2, 0) is 11.4 Å². The largest absolute Gasteiger partial charge is 0.488 e. The SMILES string of the molecule is Cc1cccc(COc2ccccc2/C=C2/SC(=S)N(NC(=O)c3ccccc3)C2=O)c1. The van der Waals surface area contributed by atoms with Gasteiger partial charge in [-0.2, -0.15) is 5.01 Å². The van der Waals surface area contributed by atoms with Gasteiger partial charge in [0.15, 0.2) is 4.32 Å². The van der Waals surface area contributed by atoms with Gasteiger partial charge in [0.2, 0.25) is 0 Å². The number of nitrogens with zero attached hydrogens (tertiary/aromatic N) is 1. The molecule has 0 bridgehead atoms. The molecule has 32 heavy (non-hydrogen) atoms. The minimum Gasteiger partial charge on any atom is -0.488 e. The van der Waals surface area contributed by atoms with E-state index >= 15 is 0 Å². The van der Waals surface area contributed by atoms with Gasteiger partial charge in [-0.1, -0.05) is 78.0 Å². The molecule has 160 valence electrons. The molecular formula is C25H20N2O3S2. The summed E-state index contributed by atoms with van der Waals surface area (Å²) in [5, 5.41) is 1.11. The zero-order valence-electron chi connectivity index (χ0n) is 17.3. The van der Waals surface area contributed by atoms with Crippen molar-refractivity contribution < 1.29 is 14.3 Å². The highest BCUT2D eigenvalue weighted by Crippen LogP contribution is 2.33. The lowest BCUT2D eigenvalue weighted by atomic mass is 10.1. The number of rotatable bonds is 6. The van der Waals surface area contributed by atoms with E-state index in [2.05, 4.69) is 11.5 Å². The van der Waals surface area contributed by atoms with Crippen LogP contribution in [0.3, 0.4) is 0 Å². The minimum atomic E-state index is -0.398. The lowest BCUT2D eigenvalue weighted by Gasteiger charge is -2.15. The Kier molecular flexibility index (Phi) is 6.68. The number of benzene rings is 3. The smallest absolute Gasteiger partial charge is 0.285 e. The first-order valence-electron chi connectivity index (χ1n) is 9.92. The number of aryl methyl sites for hydroxylation is 1. The first kappa shape index (κ1) is 21.8. The van der Waals surface area contributed by atoms with Gasteiger partial charge in [-0.05, 0) is 49.0 Å². The number of carbonyl (C=O) groups excluding carboxylic acids is 2. The number of hydrogen-bond acceptors (Lipinski definition) is 5. The summed E-state index contributed by atoms with van der Waals surface area (Å²) in [7, 11) is 0. The molecule has 3 aromatic carbocycles. The van der Waals surface area contributed by atoms with Crippen molar-refractivity contribution >= 4 is 46.2 Å². The van der Waals surface area contributed by atoms with E-state index < -0.39 is 5.91 Å². The third-order valence-electron chi connectivity index (χ3n) is 4.73. The van der Waals surface area contributed by atoms with E-state index in [-0.39, 0.29) is 10.2 Å². The van der Waals surface area contributed by atoms with E-state index in [1.165, 1.54) is 5.56 Å². The van der Waals surface area contributed by atoms with E-state index in [1.807, 2.05) is 55.5 Å². The highest BCUT2D eigenvalue weighted by molar-refractivity contribution is 8.26. The van der Waals surface area contributed by atoms with Crippen LogP contribution in [0.15, 0.2) is 83.8 Å². The maximum Gasteiger partial charge on any atom is 0.285 e. The van der Waals surface area contributed by atoms with Crippen molar-refractivity contribution in [3.63, 3.8) is 0 Å². The summed E-state index contributed by atoms with van der Waals surface area (Å²) in [6, 6.07) is 24.3. The van der Waals surface area contributed by atoms with Crippen molar-refractivity contribution in [3.8, 4) is 5.75 Å². The van der Waals surface area contributed by atoms with Crippen molar-refractivity contribution in [1.29, 1.82) is 0 Å². The summed E-state index contributed by atoms with van der Waals surface area (Å²) >= 11 is 6.46. The lowest BCUT2D eigenvalue weighted by molar-refractivity contribution is -0.123. The number of ether oxygens (including phenoxy) is 1. The molecule has 1 saturated heterocycles. The molecule has 1 aliphatic rings. The number of thiocarbonyl (C=S) groups is 1. The second-order valence-electron chi connectivity index (χ2n) is 7.14. The maximum absolute atomic E-state index is 12.9. The van der Waals surface area contributed by atoms with Gasteiger partial charge in [0.1, 0.15) is 12.4 Å². The Labute approximate surface area is 196 Å². The first-order valence-corrected chi connectivity index (χ1v) is 11.1. The second kappa shape index (κ2) is 9.80. The summed E-state index contributed by atoms with van der Waals surface area (Å²) in [4.78, 5) is 25.8. The Hall–Kier alpha value is -3.42. The highest BCUT2D eigenvalue weighted by atomic mass is 32.2. The summed E-state index contributed by atoms with van der Waals surface area (Å²) in [6.45, 7) is 2.45. The van der Waals surface area contributed by atoms with Crippen LogP contribution in [0, 0.1) is 6.92 Å². The molecule has 7 heteroatoms. The Balaban J connectivity index is 1.50. The van der Waals surface area contributed by atoms with Gasteiger partial charge in [-0.3, -0.25) is 15.0 Å². The van der Waals surface area contributed by atoms with Crippen molar-refractivity contribution in [2.75, 3.05) is 0 Å². The van der Waals surface area contributed by atoms with Gasteiger partial charge in [-0.25, -0.2) is 0 Å². The van der Waals surface area contributed by atoms with Crippen molar-refractivity contribution in [2.45, 2.75) is 13.5 Å². The number of amides is 2. The lowest BCUT2D eigenvalue weighted by Crippen LogP contribution is -2.44. The summed E-state index contributed by atoms with van der Waals surface area (Å²) in [5.41, 5.74) is 6.02. The predicted octanol–water partition coefficient (Wildman–Crippen LogP) is 5.12. The Morgan fingerprint density at radius 1 is 1.06 bits per heavy atom. The molecule has 2 amide bonds. The molecular weight excluding hydrogens is 440 g/mol. The molecule has 1 heterocycles. The van der Waals surface area contributed by atoms with Crippen LogP contribution in [0.2, 0.25) is 0 Å². The summed E-state index contributed by atoms with van der Waals surface area (Å²) in [5.74, 6) is -0.115. The maximum atomic E-state index is 12.9. The Morgan fingerprint density at radius 3 is 2.59 bits per heavy atom. The fourth-order valence-corrected chi connectivity index (χ4v) is 4.33. The molecule has 0 aliphatic carbocycles. The van der Waals surface area contributed by atoms with Gasteiger partial charge in [0.25, 0.3) is 11.8 Å². The average molecular weight is 461 g/mol. The van der Waals surface area contributed by atoms with E-state index in [0.29, 0.717) is 22.8 Å². The minimum absolute atomic E-state index is 0.267. The number of para-hydroxylation sites is 1. The molecule has 5 nitrogen and oxygen atoms in total. The van der Waals surface area contributed by atoms with Gasteiger partial charge >= 0.3 is 0 Å². The standard InChI is InChI=1S/C25H20N2O3S2/c1-17-8-7-9-18(14-17)16-30-21-13-6-5-12-20(21)15-22-24(29)27(25(31)32-22)26-23(28)19-10-3-2-4-11-19/h2-15H,16H2,1H3,(H,26,28)/b22-15+. The fraction of sp³-hybridized carbons (Fsp3) is 0.0800. The van der Waals surface area contributed by atoms with Gasteiger partial charge in [0.05, 0.1) is 4.91 Å². The first-order chi connectivity index (χ1) is 15.5. The fourth-order valence-electron chi connectivity index (χ4n) is 3.16. The third-order valence-corrected chi connectivity index (χ3v) is 6.03. The van der Waals surface area contributed by atoms with Crippen molar-refractivity contribution in [3.05, 3.63) is 106 Å². The average Bonchev–Trinajstić information content (AvgIpc) is 3.06. The normalized spacial score (nSPS) is 14.7. The van der Waals surface area contributed by atoms with Crippen molar-refractivity contribution in [1.82, 2.24) is 10.4 Å². The van der Waals surface area contributed by atoms with Crippen LogP contribution in [-0.4, -0.2) is 21.1 Å². The molecule has 0 atom stereocenters. The van der Waals surface area contributed by atoms with Crippen LogP contribution in [0.5, 0.6) is 5.75 Å². The van der Waals surface area contributed by atoms with Crippen LogP contribution in [0.25, 0.3) is 6.08 Å². The van der Waals surface area contributed by atoms with Crippen LogP contribution in [0.1, 0.15) is 27.0 Å². The number of nitrogens with one attached hydrogen (secondary N) is 1. The number of hydrogen-bond donors (Lipinski definition) is 1. The molecule has 1 N–H and O–H groups in total. The Morgan fingerprint density at radius 2 is 1.81 bits per heavy atom. The zero-order chi connectivity index (χ0) is 22.5. The molecule has 0 radical (unpaired) electrons. The number of hydrazine groups is 1. The summed E-state index contributed by atoms with van der Waals surface area (Å²) < 4.78 is 6.29. The van der Waals surface area contributed by atoms with E-state index in [4.69, 9.17) is 17.0 Å². The summed E-state index contributed by atoms with van der Waals surface area (Å²) in [6.07, 6.45) is 1.74. The van der Waals surface area contributed by atoms with Crippen molar-refractivity contribution in [2.24, 2.45) is 0 Å².